The Kier molecular flexibility index (Phi) is 7.43. The maximum Gasteiger partial charge on any atom is 0.338 e. The SMILES string of the molecule is CCOC(=O)c1ccc(S(=O)(=O)N2CCOC(CN)C2)cc1.Cl. The fraction of sp³-hybridized carbons (Fsp3) is 0.500. The van der Waals surface area contributed by atoms with Gasteiger partial charge in [0.05, 0.1) is 29.8 Å². The molecule has 1 aromatic carbocycles. The molecule has 1 heterocycles. The van der Waals surface area contributed by atoms with E-state index in [1.165, 1.54) is 28.6 Å². The van der Waals surface area contributed by atoms with Crippen LogP contribution in [0, 0.1) is 0 Å². The van der Waals surface area contributed by atoms with Crippen molar-refractivity contribution in [2.24, 2.45) is 5.73 Å². The van der Waals surface area contributed by atoms with Crippen LogP contribution < -0.4 is 5.73 Å². The second-order valence-electron chi connectivity index (χ2n) is 4.84. The van der Waals surface area contributed by atoms with Gasteiger partial charge in [-0.15, -0.1) is 12.4 Å². The Balaban J connectivity index is 0.00000264. The van der Waals surface area contributed by atoms with Gasteiger partial charge in [-0.1, -0.05) is 0 Å². The van der Waals surface area contributed by atoms with E-state index in [0.29, 0.717) is 18.7 Å². The van der Waals surface area contributed by atoms with Crippen LogP contribution in [0.3, 0.4) is 0 Å². The molecule has 0 aliphatic carbocycles. The molecule has 0 spiro atoms. The van der Waals surface area contributed by atoms with E-state index in [-0.39, 0.29) is 43.1 Å². The molecule has 0 aromatic heterocycles. The van der Waals surface area contributed by atoms with Crippen molar-refractivity contribution < 1.29 is 22.7 Å². The standard InChI is InChI=1S/C14H20N2O5S.ClH/c1-2-20-14(17)11-3-5-13(6-4-11)22(18,19)16-7-8-21-12(9-15)10-16;/h3-6,12H,2,7-10,15H2,1H3;1H. The van der Waals surface area contributed by atoms with Crippen molar-refractivity contribution in [2.75, 3.05) is 32.8 Å². The minimum Gasteiger partial charge on any atom is -0.462 e. The van der Waals surface area contributed by atoms with E-state index in [4.69, 9.17) is 15.2 Å². The fourth-order valence-corrected chi connectivity index (χ4v) is 3.64. The van der Waals surface area contributed by atoms with Crippen LogP contribution >= 0.6 is 12.4 Å². The first-order valence-electron chi connectivity index (χ1n) is 7.08. The first-order chi connectivity index (χ1) is 10.5. The minimum absolute atomic E-state index is 0. The molecule has 0 radical (unpaired) electrons. The average Bonchev–Trinajstić information content (AvgIpc) is 2.55. The van der Waals surface area contributed by atoms with Gasteiger partial charge in [-0.2, -0.15) is 4.31 Å². The van der Waals surface area contributed by atoms with Crippen molar-refractivity contribution >= 4 is 28.4 Å². The summed E-state index contributed by atoms with van der Waals surface area (Å²) in [5.74, 6) is -0.471. The smallest absolute Gasteiger partial charge is 0.338 e. The second-order valence-corrected chi connectivity index (χ2v) is 6.77. The van der Waals surface area contributed by atoms with Crippen molar-refractivity contribution in [1.82, 2.24) is 4.31 Å². The molecular formula is C14H21ClN2O5S. The lowest BCUT2D eigenvalue weighted by molar-refractivity contribution is 0.00450. The summed E-state index contributed by atoms with van der Waals surface area (Å²) in [5, 5.41) is 0. The maximum atomic E-state index is 12.6. The summed E-state index contributed by atoms with van der Waals surface area (Å²) in [5.41, 5.74) is 5.85. The molecule has 9 heteroatoms. The molecule has 0 saturated carbocycles. The van der Waals surface area contributed by atoms with Crippen LogP contribution in [0.5, 0.6) is 0 Å². The first kappa shape index (κ1) is 19.9. The number of carbonyl (C=O) groups excluding carboxylic acids is 1. The number of nitrogens with zero attached hydrogens (tertiary/aromatic N) is 1. The van der Waals surface area contributed by atoms with Crippen molar-refractivity contribution in [3.8, 4) is 0 Å². The summed E-state index contributed by atoms with van der Waals surface area (Å²) in [4.78, 5) is 11.7. The number of nitrogens with two attached hydrogens (primary N) is 1. The molecule has 23 heavy (non-hydrogen) atoms. The highest BCUT2D eigenvalue weighted by molar-refractivity contribution is 7.89. The number of carbonyl (C=O) groups is 1. The highest BCUT2D eigenvalue weighted by atomic mass is 35.5. The number of hydrogen-bond donors (Lipinski definition) is 1. The number of rotatable bonds is 5. The van der Waals surface area contributed by atoms with E-state index in [1.807, 2.05) is 0 Å². The number of esters is 1. The highest BCUT2D eigenvalue weighted by Gasteiger charge is 2.30. The molecule has 7 nitrogen and oxygen atoms in total. The fourth-order valence-electron chi connectivity index (χ4n) is 2.18. The van der Waals surface area contributed by atoms with Crippen LogP contribution in [0.25, 0.3) is 0 Å². The van der Waals surface area contributed by atoms with E-state index in [1.54, 1.807) is 6.92 Å². The lowest BCUT2D eigenvalue weighted by Crippen LogP contribution is -2.48. The minimum atomic E-state index is -3.61. The van der Waals surface area contributed by atoms with Gasteiger partial charge in [-0.05, 0) is 31.2 Å². The van der Waals surface area contributed by atoms with Gasteiger partial charge in [0.1, 0.15) is 0 Å². The molecule has 1 unspecified atom stereocenters. The molecule has 1 aromatic rings. The third kappa shape index (κ3) is 4.65. The lowest BCUT2D eigenvalue weighted by atomic mass is 10.2. The van der Waals surface area contributed by atoms with Crippen LogP contribution in [-0.2, 0) is 19.5 Å². The maximum absolute atomic E-state index is 12.6. The predicted molar refractivity (Wildman–Crippen MR) is 87.2 cm³/mol. The zero-order valence-electron chi connectivity index (χ0n) is 12.8. The predicted octanol–water partition coefficient (Wildman–Crippen LogP) is 0.633. The van der Waals surface area contributed by atoms with Gasteiger partial charge in [0.15, 0.2) is 0 Å². The monoisotopic (exact) mass is 364 g/mol. The normalized spacial score (nSPS) is 19.0. The molecular weight excluding hydrogens is 344 g/mol. The largest absolute Gasteiger partial charge is 0.462 e. The van der Waals surface area contributed by atoms with Gasteiger partial charge in [-0.25, -0.2) is 13.2 Å². The molecule has 1 aliphatic rings. The van der Waals surface area contributed by atoms with E-state index >= 15 is 0 Å². The second kappa shape index (κ2) is 8.60. The van der Waals surface area contributed by atoms with E-state index < -0.39 is 16.0 Å². The van der Waals surface area contributed by atoms with Crippen LogP contribution in [-0.4, -0.2) is 57.6 Å². The summed E-state index contributed by atoms with van der Waals surface area (Å²) >= 11 is 0. The molecule has 2 rings (SSSR count). The summed E-state index contributed by atoms with van der Waals surface area (Å²) in [7, 11) is -3.61. The lowest BCUT2D eigenvalue weighted by Gasteiger charge is -2.31. The molecule has 130 valence electrons. The van der Waals surface area contributed by atoms with Crippen molar-refractivity contribution in [3.05, 3.63) is 29.8 Å². The Labute approximate surface area is 142 Å². The zero-order valence-corrected chi connectivity index (χ0v) is 14.4. The Bertz CT molecular complexity index is 621. The highest BCUT2D eigenvalue weighted by Crippen LogP contribution is 2.19. The summed E-state index contributed by atoms with van der Waals surface area (Å²) in [6.45, 7) is 3.10. The Morgan fingerprint density at radius 3 is 2.61 bits per heavy atom. The number of sulfonamides is 1. The van der Waals surface area contributed by atoms with Gasteiger partial charge in [0, 0.05) is 19.6 Å². The van der Waals surface area contributed by atoms with Gasteiger partial charge >= 0.3 is 5.97 Å². The Morgan fingerprint density at radius 2 is 2.04 bits per heavy atom. The van der Waals surface area contributed by atoms with Crippen LogP contribution in [0.15, 0.2) is 29.2 Å². The Morgan fingerprint density at radius 1 is 1.39 bits per heavy atom. The average molecular weight is 365 g/mol. The van der Waals surface area contributed by atoms with Crippen LogP contribution in [0.4, 0.5) is 0 Å². The topological polar surface area (TPSA) is 98.9 Å². The third-order valence-electron chi connectivity index (χ3n) is 3.37. The van der Waals surface area contributed by atoms with Gasteiger partial charge in [0.2, 0.25) is 10.0 Å². The summed E-state index contributed by atoms with van der Waals surface area (Å²) in [6, 6.07) is 5.72. The van der Waals surface area contributed by atoms with Gasteiger partial charge < -0.3 is 15.2 Å². The van der Waals surface area contributed by atoms with E-state index in [9.17, 15) is 13.2 Å². The first-order valence-corrected chi connectivity index (χ1v) is 8.52. The quantitative estimate of drug-likeness (QED) is 0.769. The molecule has 1 atom stereocenters. The number of benzene rings is 1. The number of ether oxygens (including phenoxy) is 2. The molecule has 0 bridgehead atoms. The van der Waals surface area contributed by atoms with E-state index in [0.717, 1.165) is 0 Å². The van der Waals surface area contributed by atoms with Gasteiger partial charge in [0.25, 0.3) is 0 Å². The number of hydrogen-bond acceptors (Lipinski definition) is 6. The molecule has 1 saturated heterocycles. The Hall–Kier alpha value is -1.19. The van der Waals surface area contributed by atoms with Gasteiger partial charge in [-0.3, -0.25) is 0 Å². The van der Waals surface area contributed by atoms with Crippen LogP contribution in [0.2, 0.25) is 0 Å². The third-order valence-corrected chi connectivity index (χ3v) is 5.25. The molecule has 1 fully saturated rings. The number of halogens is 1. The van der Waals surface area contributed by atoms with E-state index in [2.05, 4.69) is 0 Å². The summed E-state index contributed by atoms with van der Waals surface area (Å²) in [6.07, 6.45) is -0.290. The van der Waals surface area contributed by atoms with Crippen LogP contribution in [0.1, 0.15) is 17.3 Å². The number of morpholine rings is 1. The van der Waals surface area contributed by atoms with Crippen molar-refractivity contribution in [2.45, 2.75) is 17.9 Å². The zero-order chi connectivity index (χ0) is 16.2. The van der Waals surface area contributed by atoms with Crippen molar-refractivity contribution in [1.29, 1.82) is 0 Å². The molecule has 2 N–H and O–H groups in total. The molecule has 0 amide bonds. The van der Waals surface area contributed by atoms with Crippen molar-refractivity contribution in [3.63, 3.8) is 0 Å². The molecule has 1 aliphatic heterocycles. The summed E-state index contributed by atoms with van der Waals surface area (Å²) < 4.78 is 36.7.